The molecule has 0 saturated carbocycles. The number of likely N-dealkylation sites (N-methyl/N-ethyl adjacent to an activating group) is 1. The number of carboxylic acids is 1. The van der Waals surface area contributed by atoms with Crippen LogP contribution in [0.1, 0.15) is 57.6 Å². The number of urea groups is 1. The molecule has 0 aromatic heterocycles. The van der Waals surface area contributed by atoms with E-state index < -0.39 is 47.8 Å². The molecule has 35 heavy (non-hydrogen) atoms. The lowest BCUT2D eigenvalue weighted by Crippen LogP contribution is -2.57. The van der Waals surface area contributed by atoms with Crippen molar-refractivity contribution in [1.29, 1.82) is 5.41 Å². The Labute approximate surface area is 203 Å². The predicted molar refractivity (Wildman–Crippen MR) is 126 cm³/mol. The fourth-order valence-corrected chi connectivity index (χ4v) is 3.79. The highest BCUT2D eigenvalue weighted by Crippen LogP contribution is 2.37. The van der Waals surface area contributed by atoms with Crippen LogP contribution in [-0.2, 0) is 24.7 Å². The number of carboxylic acid groups (broad SMARTS) is 1. The van der Waals surface area contributed by atoms with Gasteiger partial charge in [0.15, 0.2) is 0 Å². The third-order valence-electron chi connectivity index (χ3n) is 6.11. The van der Waals surface area contributed by atoms with E-state index in [2.05, 4.69) is 5.32 Å². The van der Waals surface area contributed by atoms with Gasteiger partial charge in [0.1, 0.15) is 17.4 Å². The molecule has 1 heterocycles. The second-order valence-electron chi connectivity index (χ2n) is 8.54. The molecular formula is C23H32N6O6. The van der Waals surface area contributed by atoms with Gasteiger partial charge in [0.25, 0.3) is 5.91 Å². The van der Waals surface area contributed by atoms with E-state index in [9.17, 15) is 29.1 Å². The summed E-state index contributed by atoms with van der Waals surface area (Å²) in [6.45, 7) is 3.95. The van der Waals surface area contributed by atoms with E-state index in [0.29, 0.717) is 22.6 Å². The zero-order valence-electron chi connectivity index (χ0n) is 20.3. The van der Waals surface area contributed by atoms with Crippen LogP contribution in [0.2, 0.25) is 0 Å². The maximum absolute atomic E-state index is 13.5. The number of aliphatic carboxylic acids is 1. The highest BCUT2D eigenvalue weighted by atomic mass is 16.4. The maximum Gasteiger partial charge on any atom is 0.347 e. The minimum Gasteiger partial charge on any atom is -0.480 e. The number of nitrogens with zero attached hydrogens (tertiary/aromatic N) is 3. The summed E-state index contributed by atoms with van der Waals surface area (Å²) >= 11 is 0. The molecule has 190 valence electrons. The van der Waals surface area contributed by atoms with Gasteiger partial charge in [-0.3, -0.25) is 19.8 Å². The van der Waals surface area contributed by atoms with Crippen LogP contribution in [0, 0.1) is 5.41 Å². The lowest BCUT2D eigenvalue weighted by molar-refractivity contribution is -0.158. The molecule has 5 N–H and O–H groups in total. The van der Waals surface area contributed by atoms with Crippen LogP contribution in [0.25, 0.3) is 0 Å². The number of amides is 5. The van der Waals surface area contributed by atoms with Crippen molar-refractivity contribution in [2.45, 2.75) is 58.0 Å². The Balaban J connectivity index is 2.34. The van der Waals surface area contributed by atoms with Gasteiger partial charge in [0.2, 0.25) is 11.8 Å². The molecule has 0 aliphatic carbocycles. The van der Waals surface area contributed by atoms with E-state index in [-0.39, 0.29) is 12.3 Å². The van der Waals surface area contributed by atoms with Gasteiger partial charge in [0.05, 0.1) is 6.54 Å². The van der Waals surface area contributed by atoms with Crippen molar-refractivity contribution in [2.24, 2.45) is 5.73 Å². The van der Waals surface area contributed by atoms with E-state index in [0.717, 1.165) is 29.7 Å². The zero-order valence-corrected chi connectivity index (χ0v) is 20.3. The Kier molecular flexibility index (Phi) is 8.56. The average molecular weight is 489 g/mol. The number of imide groups is 1. The van der Waals surface area contributed by atoms with E-state index in [1.807, 2.05) is 6.92 Å². The number of nitrogens with one attached hydrogen (secondary N) is 2. The first-order valence-electron chi connectivity index (χ1n) is 11.2. The van der Waals surface area contributed by atoms with Gasteiger partial charge in [-0.2, -0.15) is 5.01 Å². The molecule has 0 bridgehead atoms. The molecule has 0 spiro atoms. The summed E-state index contributed by atoms with van der Waals surface area (Å²) in [7, 11) is 1.39. The summed E-state index contributed by atoms with van der Waals surface area (Å²) in [6.07, 6.45) is 2.40. The van der Waals surface area contributed by atoms with Crippen molar-refractivity contribution in [3.05, 3.63) is 35.4 Å². The van der Waals surface area contributed by atoms with Crippen molar-refractivity contribution in [1.82, 2.24) is 20.2 Å². The third kappa shape index (κ3) is 5.58. The molecule has 0 radical (unpaired) electrons. The van der Waals surface area contributed by atoms with Gasteiger partial charge in [-0.25, -0.2) is 14.6 Å². The third-order valence-corrected chi connectivity index (χ3v) is 6.11. The minimum atomic E-state index is -1.53. The number of hydrogen-bond acceptors (Lipinski definition) is 6. The van der Waals surface area contributed by atoms with Crippen LogP contribution in [0.4, 0.5) is 4.79 Å². The van der Waals surface area contributed by atoms with Crippen molar-refractivity contribution in [3.8, 4) is 0 Å². The number of hydrazine groups is 1. The van der Waals surface area contributed by atoms with Crippen molar-refractivity contribution >= 4 is 35.6 Å². The van der Waals surface area contributed by atoms with Gasteiger partial charge in [-0.1, -0.05) is 44.0 Å². The standard InChI is InChI=1S/C23H32N6O6/c1-5-6-7-8-18(31)26-17(20(32)33)13-28(14(2)30)29-21(34)23(3,27(4)22(29)35)16-11-9-15(10-12-16)19(24)25/h9-12,17H,5-8,13H2,1-4H3,(H3,24,25)(H,26,31)(H,32,33)/t17-,23-/m1/s1. The van der Waals surface area contributed by atoms with Gasteiger partial charge in [-0.15, -0.1) is 0 Å². The number of rotatable bonds is 11. The number of benzene rings is 1. The van der Waals surface area contributed by atoms with Gasteiger partial charge >= 0.3 is 12.0 Å². The SMILES string of the molecule is CCCCCC(=O)N[C@H](CN(C(C)=O)N1C(=O)N(C)[C@](C)(c2ccc(C(=N)N)cc2)C1=O)C(=O)O. The Morgan fingerprint density at radius 2 is 1.80 bits per heavy atom. The van der Waals surface area contributed by atoms with Gasteiger partial charge < -0.3 is 21.1 Å². The number of carbonyl (C=O) groups is 5. The number of hydrogen-bond donors (Lipinski definition) is 4. The van der Waals surface area contributed by atoms with Crippen LogP contribution >= 0.6 is 0 Å². The minimum absolute atomic E-state index is 0.121. The predicted octanol–water partition coefficient (Wildman–Crippen LogP) is 0.993. The Bertz CT molecular complexity index is 1030. The van der Waals surface area contributed by atoms with Crippen molar-refractivity contribution in [3.63, 3.8) is 0 Å². The lowest BCUT2D eigenvalue weighted by atomic mass is 9.90. The van der Waals surface area contributed by atoms with Crippen LogP contribution in [0.5, 0.6) is 0 Å². The first kappa shape index (κ1) is 27.3. The van der Waals surface area contributed by atoms with E-state index >= 15 is 0 Å². The molecule has 1 aromatic carbocycles. The lowest BCUT2D eigenvalue weighted by Gasteiger charge is -2.31. The topological polar surface area (TPSA) is 177 Å². The molecule has 1 fully saturated rings. The van der Waals surface area contributed by atoms with Crippen LogP contribution in [-0.4, -0.2) is 75.2 Å². The Hall–Kier alpha value is -3.96. The van der Waals surface area contributed by atoms with Gasteiger partial charge in [-0.05, 0) is 18.9 Å². The van der Waals surface area contributed by atoms with Crippen LogP contribution < -0.4 is 11.1 Å². The summed E-state index contributed by atoms with van der Waals surface area (Å²) in [6, 6.07) is 3.82. The monoisotopic (exact) mass is 488 g/mol. The fourth-order valence-electron chi connectivity index (χ4n) is 3.79. The van der Waals surface area contributed by atoms with Crippen molar-refractivity contribution < 1.29 is 29.1 Å². The molecule has 1 aromatic rings. The second kappa shape index (κ2) is 11.0. The molecule has 0 unspecified atom stereocenters. The first-order chi connectivity index (χ1) is 16.4. The fraction of sp³-hybridized carbons (Fsp3) is 0.478. The summed E-state index contributed by atoms with van der Waals surface area (Å²) in [5.41, 5.74) is 4.81. The molecule has 12 nitrogen and oxygen atoms in total. The number of carbonyl (C=O) groups excluding carboxylic acids is 4. The van der Waals surface area contributed by atoms with Gasteiger partial charge in [0, 0.05) is 26.0 Å². The smallest absolute Gasteiger partial charge is 0.347 e. The van der Waals surface area contributed by atoms with E-state index in [4.69, 9.17) is 11.1 Å². The maximum atomic E-state index is 13.5. The summed E-state index contributed by atoms with van der Waals surface area (Å²) in [4.78, 5) is 64.3. The van der Waals surface area contributed by atoms with Crippen molar-refractivity contribution in [2.75, 3.05) is 13.6 Å². The average Bonchev–Trinajstić information content (AvgIpc) is 2.97. The molecule has 2 atom stereocenters. The van der Waals surface area contributed by atoms with Crippen LogP contribution in [0.3, 0.4) is 0 Å². The first-order valence-corrected chi connectivity index (χ1v) is 11.2. The molecule has 12 heteroatoms. The molecule has 5 amide bonds. The summed E-state index contributed by atoms with van der Waals surface area (Å²) in [5.74, 6) is -3.59. The molecule has 1 aliphatic rings. The second-order valence-corrected chi connectivity index (χ2v) is 8.54. The highest BCUT2D eigenvalue weighted by molar-refractivity contribution is 6.08. The molecule has 2 rings (SSSR count). The number of amidine groups is 1. The van der Waals surface area contributed by atoms with Crippen LogP contribution in [0.15, 0.2) is 24.3 Å². The summed E-state index contributed by atoms with van der Waals surface area (Å²) in [5, 5.41) is 20.9. The highest BCUT2D eigenvalue weighted by Gasteiger charge is 2.56. The Morgan fingerprint density at radius 1 is 1.20 bits per heavy atom. The van der Waals surface area contributed by atoms with E-state index in [1.54, 1.807) is 12.1 Å². The zero-order chi connectivity index (χ0) is 26.5. The largest absolute Gasteiger partial charge is 0.480 e. The number of unbranched alkanes of at least 4 members (excludes halogenated alkanes) is 2. The Morgan fingerprint density at radius 3 is 2.29 bits per heavy atom. The van der Waals surface area contributed by atoms with E-state index in [1.165, 1.54) is 26.1 Å². The molecule has 1 aliphatic heterocycles. The number of nitrogens with two attached hydrogens (primary N) is 1. The number of nitrogen functional groups attached to an aromatic ring is 1. The normalized spacial score (nSPS) is 18.4. The summed E-state index contributed by atoms with van der Waals surface area (Å²) < 4.78 is 0. The quantitative estimate of drug-likeness (QED) is 0.155. The molecular weight excluding hydrogens is 456 g/mol. The molecule has 1 saturated heterocycles.